The number of para-hydroxylation sites is 1. The molecule has 0 aliphatic rings. The summed E-state index contributed by atoms with van der Waals surface area (Å²) in [4.78, 5) is 29.0. The molecule has 0 N–H and O–H groups in total. The summed E-state index contributed by atoms with van der Waals surface area (Å²) in [6.07, 6.45) is 3.35. The maximum absolute atomic E-state index is 12.8. The number of hydrogen-bond acceptors (Lipinski definition) is 7. The number of rotatable bonds is 6. The van der Waals surface area contributed by atoms with Crippen LogP contribution in [0.25, 0.3) is 22.4 Å². The van der Waals surface area contributed by atoms with Crippen molar-refractivity contribution in [1.82, 2.24) is 14.6 Å². The number of benzene rings is 2. The minimum atomic E-state index is -0.425. The first-order valence-corrected chi connectivity index (χ1v) is 9.89. The van der Waals surface area contributed by atoms with Crippen molar-refractivity contribution in [3.63, 3.8) is 0 Å². The third-order valence-corrected chi connectivity index (χ3v) is 5.08. The van der Waals surface area contributed by atoms with Crippen molar-refractivity contribution in [2.75, 3.05) is 6.61 Å². The van der Waals surface area contributed by atoms with Crippen molar-refractivity contribution in [2.24, 2.45) is 0 Å². The van der Waals surface area contributed by atoms with Crippen LogP contribution >= 0.6 is 11.3 Å². The van der Waals surface area contributed by atoms with Crippen LogP contribution in [-0.2, 0) is 4.79 Å². The van der Waals surface area contributed by atoms with Gasteiger partial charge in [0.05, 0.1) is 4.53 Å². The van der Waals surface area contributed by atoms with E-state index in [1.807, 2.05) is 24.3 Å². The summed E-state index contributed by atoms with van der Waals surface area (Å²) >= 11 is 1.22. The molecule has 150 valence electrons. The van der Waals surface area contributed by atoms with E-state index in [0.29, 0.717) is 39.0 Å². The lowest BCUT2D eigenvalue weighted by molar-refractivity contribution is -0.131. The maximum Gasteiger partial charge on any atom is 0.308 e. The van der Waals surface area contributed by atoms with Crippen LogP contribution in [0.4, 0.5) is 0 Å². The molecular weight excluding hydrogens is 402 g/mol. The molecule has 0 atom stereocenters. The zero-order chi connectivity index (χ0) is 21.1. The topological polar surface area (TPSA) is 82.8 Å². The summed E-state index contributed by atoms with van der Waals surface area (Å²) < 4.78 is 12.4. The number of esters is 1. The van der Waals surface area contributed by atoms with E-state index in [0.717, 1.165) is 5.56 Å². The van der Waals surface area contributed by atoms with Gasteiger partial charge in [0.15, 0.2) is 5.82 Å². The minimum absolute atomic E-state index is 0.280. The van der Waals surface area contributed by atoms with E-state index in [-0.39, 0.29) is 5.56 Å². The summed E-state index contributed by atoms with van der Waals surface area (Å²) in [5, 5.41) is 4.35. The van der Waals surface area contributed by atoms with Crippen LogP contribution in [0.5, 0.6) is 11.5 Å². The molecule has 7 nitrogen and oxygen atoms in total. The molecule has 2 aromatic carbocycles. The number of aromatic nitrogens is 3. The van der Waals surface area contributed by atoms with Crippen molar-refractivity contribution in [1.29, 1.82) is 0 Å². The van der Waals surface area contributed by atoms with Crippen molar-refractivity contribution in [3.8, 4) is 22.9 Å². The average Bonchev–Trinajstić information content (AvgIpc) is 3.27. The third-order valence-electron chi connectivity index (χ3n) is 4.12. The Bertz CT molecular complexity index is 1340. The Balaban J connectivity index is 1.68. The van der Waals surface area contributed by atoms with Crippen LogP contribution < -0.4 is 19.6 Å². The molecule has 0 radical (unpaired) electrons. The lowest BCUT2D eigenvalue weighted by Crippen LogP contribution is -2.23. The highest BCUT2D eigenvalue weighted by molar-refractivity contribution is 7.15. The molecule has 0 bridgehead atoms. The van der Waals surface area contributed by atoms with E-state index >= 15 is 0 Å². The van der Waals surface area contributed by atoms with Gasteiger partial charge in [-0.25, -0.2) is 0 Å². The predicted molar refractivity (Wildman–Crippen MR) is 115 cm³/mol. The largest absolute Gasteiger partial charge is 0.490 e. The Labute approximate surface area is 175 Å². The highest BCUT2D eigenvalue weighted by Gasteiger charge is 2.13. The first-order valence-electron chi connectivity index (χ1n) is 9.08. The molecule has 0 spiro atoms. The van der Waals surface area contributed by atoms with Gasteiger partial charge in [-0.15, -0.1) is 5.10 Å². The SMILES string of the molecule is C=CCOc1ccc(-c2nc3s/c(=C\c4ccccc4OC(C)=O)c(=O)n3n2)cc1. The van der Waals surface area contributed by atoms with Gasteiger partial charge in [-0.1, -0.05) is 42.2 Å². The predicted octanol–water partition coefficient (Wildman–Crippen LogP) is 2.86. The van der Waals surface area contributed by atoms with Crippen LogP contribution in [0.3, 0.4) is 0 Å². The number of carbonyl (C=O) groups excluding carboxylic acids is 1. The number of hydrogen-bond donors (Lipinski definition) is 0. The summed E-state index contributed by atoms with van der Waals surface area (Å²) in [6.45, 7) is 5.38. The quantitative estimate of drug-likeness (QED) is 0.272. The number of ether oxygens (including phenoxy) is 2. The molecule has 0 saturated heterocycles. The van der Waals surface area contributed by atoms with E-state index in [9.17, 15) is 9.59 Å². The van der Waals surface area contributed by atoms with Crippen LogP contribution in [0.15, 0.2) is 66.0 Å². The van der Waals surface area contributed by atoms with Gasteiger partial charge in [-0.3, -0.25) is 9.59 Å². The Morgan fingerprint density at radius 1 is 1.20 bits per heavy atom. The van der Waals surface area contributed by atoms with Crippen LogP contribution in [0, 0.1) is 0 Å². The standard InChI is InChI=1S/C22H17N3O4S/c1-3-12-28-17-10-8-15(9-11-17)20-23-22-25(24-20)21(27)19(30-22)13-16-6-4-5-7-18(16)29-14(2)26/h3-11,13H,1,12H2,2H3/b19-13-. The number of fused-ring (bicyclic) bond motifs is 1. The third kappa shape index (κ3) is 3.99. The zero-order valence-electron chi connectivity index (χ0n) is 16.1. The smallest absolute Gasteiger partial charge is 0.308 e. The fourth-order valence-corrected chi connectivity index (χ4v) is 3.70. The molecule has 0 aliphatic carbocycles. The highest BCUT2D eigenvalue weighted by atomic mass is 32.1. The summed E-state index contributed by atoms with van der Waals surface area (Å²) in [7, 11) is 0. The molecule has 4 rings (SSSR count). The first kappa shape index (κ1) is 19.5. The fourth-order valence-electron chi connectivity index (χ4n) is 2.80. The van der Waals surface area contributed by atoms with Gasteiger partial charge < -0.3 is 9.47 Å². The molecule has 0 saturated carbocycles. The number of thiazole rings is 1. The Hall–Kier alpha value is -3.78. The van der Waals surface area contributed by atoms with Crippen molar-refractivity contribution in [3.05, 3.63) is 81.6 Å². The van der Waals surface area contributed by atoms with Crippen LogP contribution in [0.1, 0.15) is 12.5 Å². The van der Waals surface area contributed by atoms with Gasteiger partial charge in [-0.05, 0) is 36.4 Å². The molecular formula is C22H17N3O4S. The van der Waals surface area contributed by atoms with E-state index in [1.165, 1.54) is 22.8 Å². The molecule has 0 unspecified atom stereocenters. The van der Waals surface area contributed by atoms with Gasteiger partial charge in [0.25, 0.3) is 5.56 Å². The van der Waals surface area contributed by atoms with Gasteiger partial charge in [-0.2, -0.15) is 9.50 Å². The van der Waals surface area contributed by atoms with E-state index in [4.69, 9.17) is 9.47 Å². The fraction of sp³-hybridized carbons (Fsp3) is 0.0909. The van der Waals surface area contributed by atoms with Crippen molar-refractivity contribution < 1.29 is 14.3 Å². The Kier molecular flexibility index (Phi) is 5.40. The van der Waals surface area contributed by atoms with E-state index < -0.39 is 5.97 Å². The van der Waals surface area contributed by atoms with Gasteiger partial charge >= 0.3 is 5.97 Å². The van der Waals surface area contributed by atoms with Crippen molar-refractivity contribution >= 4 is 28.3 Å². The molecule has 8 heteroatoms. The molecule has 4 aromatic rings. The van der Waals surface area contributed by atoms with Gasteiger partial charge in [0, 0.05) is 18.1 Å². The second-order valence-corrected chi connectivity index (χ2v) is 7.31. The Morgan fingerprint density at radius 3 is 2.67 bits per heavy atom. The molecule has 2 aromatic heterocycles. The molecule has 2 heterocycles. The van der Waals surface area contributed by atoms with Gasteiger partial charge in [0.2, 0.25) is 4.96 Å². The lowest BCUT2D eigenvalue weighted by atomic mass is 10.2. The minimum Gasteiger partial charge on any atom is -0.490 e. The Morgan fingerprint density at radius 2 is 1.97 bits per heavy atom. The molecule has 30 heavy (non-hydrogen) atoms. The summed E-state index contributed by atoms with van der Waals surface area (Å²) in [5.41, 5.74) is 1.13. The van der Waals surface area contributed by atoms with Gasteiger partial charge in [0.1, 0.15) is 18.1 Å². The monoisotopic (exact) mass is 419 g/mol. The number of carbonyl (C=O) groups is 1. The highest BCUT2D eigenvalue weighted by Crippen LogP contribution is 2.21. The second-order valence-electron chi connectivity index (χ2n) is 6.30. The molecule has 0 amide bonds. The van der Waals surface area contributed by atoms with Crippen LogP contribution in [0.2, 0.25) is 0 Å². The molecule has 0 fully saturated rings. The van der Waals surface area contributed by atoms with E-state index in [1.54, 1.807) is 36.4 Å². The average molecular weight is 419 g/mol. The normalized spacial score (nSPS) is 11.6. The van der Waals surface area contributed by atoms with Crippen molar-refractivity contribution in [2.45, 2.75) is 6.92 Å². The lowest BCUT2D eigenvalue weighted by Gasteiger charge is -2.04. The molecule has 0 aliphatic heterocycles. The number of nitrogens with zero attached hydrogens (tertiary/aromatic N) is 3. The first-order chi connectivity index (χ1) is 14.5. The summed E-state index contributed by atoms with van der Waals surface area (Å²) in [6, 6.07) is 14.3. The second kappa shape index (κ2) is 8.30. The van der Waals surface area contributed by atoms with Crippen LogP contribution in [-0.4, -0.2) is 27.2 Å². The van der Waals surface area contributed by atoms with E-state index in [2.05, 4.69) is 16.7 Å². The summed E-state index contributed by atoms with van der Waals surface area (Å²) in [5.74, 6) is 1.14. The zero-order valence-corrected chi connectivity index (χ0v) is 16.9. The maximum atomic E-state index is 12.8.